The number of nitriles is 1. The van der Waals surface area contributed by atoms with E-state index in [9.17, 15) is 14.9 Å². The molecule has 1 saturated heterocycles. The summed E-state index contributed by atoms with van der Waals surface area (Å²) in [4.78, 5) is 26.4. The summed E-state index contributed by atoms with van der Waals surface area (Å²) >= 11 is 0. The molecule has 0 N–H and O–H groups in total. The molecule has 5 heteroatoms. The van der Waals surface area contributed by atoms with Gasteiger partial charge in [-0.05, 0) is 37.6 Å². The number of para-hydroxylation sites is 2. The van der Waals surface area contributed by atoms with E-state index in [2.05, 4.69) is 6.07 Å². The molecule has 25 heavy (non-hydrogen) atoms. The van der Waals surface area contributed by atoms with Crippen molar-refractivity contribution in [2.75, 3.05) is 10.0 Å². The number of anilines is 2. The monoisotopic (exact) mass is 333 g/mol. The maximum Gasteiger partial charge on any atom is 0.260 e. The van der Waals surface area contributed by atoms with Gasteiger partial charge in [0.1, 0.15) is 5.92 Å². The molecule has 126 valence electrons. The topological polar surface area (TPSA) is 64.4 Å². The Hall–Kier alpha value is -3.13. The average Bonchev–Trinajstić information content (AvgIpc) is 2.93. The van der Waals surface area contributed by atoms with Gasteiger partial charge in [0, 0.05) is 0 Å². The van der Waals surface area contributed by atoms with Crippen molar-refractivity contribution >= 4 is 23.2 Å². The second kappa shape index (κ2) is 6.40. The summed E-state index contributed by atoms with van der Waals surface area (Å²) in [5, 5.41) is 12.4. The molecule has 1 aliphatic rings. The second-order valence-corrected chi connectivity index (χ2v) is 6.29. The van der Waals surface area contributed by atoms with Gasteiger partial charge in [-0.3, -0.25) is 9.59 Å². The van der Waals surface area contributed by atoms with Crippen LogP contribution >= 0.6 is 0 Å². The molecule has 2 aromatic rings. The lowest BCUT2D eigenvalue weighted by Crippen LogP contribution is -2.41. The van der Waals surface area contributed by atoms with Crippen LogP contribution in [0, 0.1) is 22.7 Å². The van der Waals surface area contributed by atoms with Crippen molar-refractivity contribution in [3.63, 3.8) is 0 Å². The Morgan fingerprint density at radius 3 is 1.64 bits per heavy atom. The zero-order valence-corrected chi connectivity index (χ0v) is 14.2. The smallest absolute Gasteiger partial charge is 0.260 e. The fourth-order valence-corrected chi connectivity index (χ4v) is 3.06. The summed E-state index contributed by atoms with van der Waals surface area (Å²) in [6, 6.07) is 20.2. The Morgan fingerprint density at radius 1 is 0.920 bits per heavy atom. The molecule has 0 aromatic heterocycles. The van der Waals surface area contributed by atoms with Gasteiger partial charge in [0.05, 0.1) is 22.9 Å². The van der Waals surface area contributed by atoms with Gasteiger partial charge in [-0.15, -0.1) is 0 Å². The molecule has 3 rings (SSSR count). The highest BCUT2D eigenvalue weighted by molar-refractivity contribution is 6.23. The van der Waals surface area contributed by atoms with Crippen LogP contribution in [-0.4, -0.2) is 11.8 Å². The third-order valence-electron chi connectivity index (χ3n) is 4.74. The Labute approximate surface area is 147 Å². The Morgan fingerprint density at radius 2 is 1.32 bits per heavy atom. The zero-order valence-electron chi connectivity index (χ0n) is 14.2. The summed E-state index contributed by atoms with van der Waals surface area (Å²) in [5.41, 5.74) is 0.150. The van der Waals surface area contributed by atoms with E-state index in [0.29, 0.717) is 17.8 Å². The van der Waals surface area contributed by atoms with Gasteiger partial charge in [0.25, 0.3) is 11.8 Å². The molecule has 1 fully saturated rings. The number of benzene rings is 2. The van der Waals surface area contributed by atoms with Gasteiger partial charge in [0.2, 0.25) is 0 Å². The first-order valence-electron chi connectivity index (χ1n) is 8.22. The third-order valence-corrected chi connectivity index (χ3v) is 4.74. The van der Waals surface area contributed by atoms with Crippen molar-refractivity contribution in [1.29, 1.82) is 5.26 Å². The molecule has 5 nitrogen and oxygen atoms in total. The van der Waals surface area contributed by atoms with Crippen LogP contribution < -0.4 is 10.0 Å². The third kappa shape index (κ3) is 2.66. The minimum Gasteiger partial charge on any atom is -0.272 e. The molecule has 0 aliphatic carbocycles. The van der Waals surface area contributed by atoms with E-state index in [1.165, 1.54) is 10.0 Å². The van der Waals surface area contributed by atoms with Crippen LogP contribution in [0.3, 0.4) is 0 Å². The predicted octanol–water partition coefficient (Wildman–Crippen LogP) is 3.54. The summed E-state index contributed by atoms with van der Waals surface area (Å²) < 4.78 is 0. The van der Waals surface area contributed by atoms with Crippen LogP contribution in [0.1, 0.15) is 20.3 Å². The predicted molar refractivity (Wildman–Crippen MR) is 95.4 cm³/mol. The lowest BCUT2D eigenvalue weighted by molar-refractivity contribution is -0.130. The van der Waals surface area contributed by atoms with E-state index in [1.807, 2.05) is 43.3 Å². The molecule has 2 aromatic carbocycles. The van der Waals surface area contributed by atoms with Crippen molar-refractivity contribution in [1.82, 2.24) is 0 Å². The van der Waals surface area contributed by atoms with Crippen molar-refractivity contribution in [2.24, 2.45) is 11.3 Å². The summed E-state index contributed by atoms with van der Waals surface area (Å²) in [7, 11) is 0. The first kappa shape index (κ1) is 16.7. The van der Waals surface area contributed by atoms with Gasteiger partial charge in [-0.2, -0.15) is 5.26 Å². The van der Waals surface area contributed by atoms with Crippen molar-refractivity contribution in [3.05, 3.63) is 60.7 Å². The van der Waals surface area contributed by atoms with Gasteiger partial charge in [-0.25, -0.2) is 10.0 Å². The van der Waals surface area contributed by atoms with Crippen molar-refractivity contribution < 1.29 is 9.59 Å². The molecule has 0 spiro atoms. The molecule has 0 bridgehead atoms. The largest absolute Gasteiger partial charge is 0.272 e. The number of nitrogens with zero attached hydrogens (tertiary/aromatic N) is 3. The highest BCUT2D eigenvalue weighted by Gasteiger charge is 2.55. The maximum atomic E-state index is 13.2. The maximum absolute atomic E-state index is 13.2. The van der Waals surface area contributed by atoms with Crippen LogP contribution in [0.2, 0.25) is 0 Å². The summed E-state index contributed by atoms with van der Waals surface area (Å²) in [6.07, 6.45) is 0.414. The average molecular weight is 333 g/mol. The highest BCUT2D eigenvalue weighted by Crippen LogP contribution is 2.41. The van der Waals surface area contributed by atoms with Crippen LogP contribution in [0.5, 0.6) is 0 Å². The lowest BCUT2D eigenvalue weighted by atomic mass is 9.75. The number of carbonyl (C=O) groups is 2. The normalized spacial score (nSPS) is 17.5. The van der Waals surface area contributed by atoms with Crippen molar-refractivity contribution in [3.8, 4) is 6.07 Å². The van der Waals surface area contributed by atoms with E-state index < -0.39 is 11.3 Å². The van der Waals surface area contributed by atoms with E-state index in [-0.39, 0.29) is 11.8 Å². The number of hydrogen-bond donors (Lipinski definition) is 0. The minimum absolute atomic E-state index is 0.369. The van der Waals surface area contributed by atoms with Crippen LogP contribution in [0.4, 0.5) is 11.4 Å². The summed E-state index contributed by atoms with van der Waals surface area (Å²) in [6.45, 7) is 3.49. The molecule has 1 aliphatic heterocycles. The molecular weight excluding hydrogens is 314 g/mol. The van der Waals surface area contributed by atoms with Gasteiger partial charge in [0.15, 0.2) is 0 Å². The number of hydrogen-bond acceptors (Lipinski definition) is 3. The molecule has 1 heterocycles. The quantitative estimate of drug-likeness (QED) is 0.804. The van der Waals surface area contributed by atoms with Gasteiger partial charge < -0.3 is 0 Å². The second-order valence-electron chi connectivity index (χ2n) is 6.29. The first-order valence-corrected chi connectivity index (χ1v) is 8.22. The lowest BCUT2D eigenvalue weighted by Gasteiger charge is -2.27. The minimum atomic E-state index is -1.05. The summed E-state index contributed by atoms with van der Waals surface area (Å²) in [5.74, 6) is -1.76. The first-order chi connectivity index (χ1) is 12.0. The number of carbonyl (C=O) groups excluding carboxylic acids is 2. The molecule has 0 saturated carbocycles. The molecular formula is C20H19N3O2. The molecule has 2 amide bonds. The number of hydrazine groups is 1. The zero-order chi connectivity index (χ0) is 18.0. The van der Waals surface area contributed by atoms with E-state index >= 15 is 0 Å². The van der Waals surface area contributed by atoms with Gasteiger partial charge >= 0.3 is 0 Å². The molecule has 1 unspecified atom stereocenters. The SMILES string of the molecule is CCC(C)(C#N)C1C(=O)N(c2ccccc2)N(c2ccccc2)C1=O. The van der Waals surface area contributed by atoms with Crippen LogP contribution in [0.15, 0.2) is 60.7 Å². The van der Waals surface area contributed by atoms with E-state index in [1.54, 1.807) is 31.2 Å². The van der Waals surface area contributed by atoms with E-state index in [4.69, 9.17) is 0 Å². The standard InChI is InChI=1S/C20H19N3O2/c1-3-20(2,14-21)17-18(24)22(15-10-6-4-7-11-15)23(19(17)25)16-12-8-5-9-13-16/h4-13,17H,3H2,1-2H3. The molecule has 1 atom stereocenters. The Kier molecular flexibility index (Phi) is 4.28. The Bertz CT molecular complexity index is 772. The number of amides is 2. The fourth-order valence-electron chi connectivity index (χ4n) is 3.06. The van der Waals surface area contributed by atoms with Crippen LogP contribution in [-0.2, 0) is 9.59 Å². The van der Waals surface area contributed by atoms with Crippen molar-refractivity contribution in [2.45, 2.75) is 20.3 Å². The fraction of sp³-hybridized carbons (Fsp3) is 0.250. The molecule has 0 radical (unpaired) electrons. The number of rotatable bonds is 4. The Balaban J connectivity index is 2.16. The van der Waals surface area contributed by atoms with Crippen LogP contribution in [0.25, 0.3) is 0 Å². The highest BCUT2D eigenvalue weighted by atomic mass is 16.2. The van der Waals surface area contributed by atoms with Gasteiger partial charge in [-0.1, -0.05) is 43.3 Å². The van der Waals surface area contributed by atoms with E-state index in [0.717, 1.165) is 0 Å².